The molecule has 0 radical (unpaired) electrons. The van der Waals surface area contributed by atoms with Crippen molar-refractivity contribution >= 4 is 34.2 Å². The van der Waals surface area contributed by atoms with E-state index in [4.69, 9.17) is 4.74 Å². The summed E-state index contributed by atoms with van der Waals surface area (Å²) in [5.41, 5.74) is 3.08. The molecule has 156 valence electrons. The number of nitrogens with zero attached hydrogens (tertiary/aromatic N) is 4. The van der Waals surface area contributed by atoms with Crippen molar-refractivity contribution < 1.29 is 14.3 Å². The van der Waals surface area contributed by atoms with E-state index in [0.29, 0.717) is 23.7 Å². The molecule has 1 unspecified atom stereocenters. The topological polar surface area (TPSA) is 89.3 Å². The van der Waals surface area contributed by atoms with Crippen LogP contribution in [0.1, 0.15) is 31.9 Å². The van der Waals surface area contributed by atoms with Crippen molar-refractivity contribution in [1.82, 2.24) is 14.8 Å². The summed E-state index contributed by atoms with van der Waals surface area (Å²) in [5.74, 6) is -0.121. The number of ether oxygens (including phenoxy) is 1. The number of fused-ring (bicyclic) bond motifs is 1. The van der Waals surface area contributed by atoms with Gasteiger partial charge in [-0.25, -0.2) is 9.67 Å². The van der Waals surface area contributed by atoms with Gasteiger partial charge in [-0.3, -0.25) is 9.59 Å². The van der Waals surface area contributed by atoms with Crippen molar-refractivity contribution in [3.63, 3.8) is 0 Å². The molecule has 2 aromatic heterocycles. The highest BCUT2D eigenvalue weighted by Gasteiger charge is 2.36. The third-order valence-corrected chi connectivity index (χ3v) is 5.31. The Morgan fingerprint density at radius 1 is 1.27 bits per heavy atom. The molecule has 8 heteroatoms. The Hall–Kier alpha value is -3.42. The van der Waals surface area contributed by atoms with E-state index < -0.39 is 5.92 Å². The Morgan fingerprint density at radius 3 is 2.80 bits per heavy atom. The Kier molecular flexibility index (Phi) is 5.15. The van der Waals surface area contributed by atoms with Crippen LogP contribution in [0.25, 0.3) is 11.0 Å². The number of benzene rings is 1. The molecule has 1 aromatic carbocycles. The fraction of sp³-hybridized carbons (Fsp3) is 0.364. The highest BCUT2D eigenvalue weighted by Crippen LogP contribution is 2.34. The zero-order valence-corrected chi connectivity index (χ0v) is 17.5. The number of carbonyl (C=O) groups excluding carboxylic acids is 2. The maximum Gasteiger partial charge on any atom is 0.229 e. The van der Waals surface area contributed by atoms with E-state index in [9.17, 15) is 9.59 Å². The first-order valence-corrected chi connectivity index (χ1v) is 9.96. The van der Waals surface area contributed by atoms with Crippen LogP contribution in [0.15, 0.2) is 36.7 Å². The van der Waals surface area contributed by atoms with Gasteiger partial charge in [-0.15, -0.1) is 0 Å². The molecular weight excluding hydrogens is 382 g/mol. The van der Waals surface area contributed by atoms with Crippen LogP contribution < -0.4 is 15.0 Å². The first kappa shape index (κ1) is 19.9. The molecule has 3 heterocycles. The molecule has 1 atom stereocenters. The lowest BCUT2D eigenvalue weighted by Crippen LogP contribution is -2.28. The average Bonchev–Trinajstić information content (AvgIpc) is 3.31. The fourth-order valence-electron chi connectivity index (χ4n) is 3.76. The minimum atomic E-state index is -0.447. The summed E-state index contributed by atoms with van der Waals surface area (Å²) in [5, 5.41) is 8.10. The normalized spacial score (nSPS) is 16.5. The van der Waals surface area contributed by atoms with Crippen molar-refractivity contribution in [2.24, 2.45) is 5.92 Å². The predicted molar refractivity (Wildman–Crippen MR) is 115 cm³/mol. The van der Waals surface area contributed by atoms with Crippen LogP contribution in [-0.2, 0) is 9.59 Å². The lowest BCUT2D eigenvalue weighted by atomic mass is 10.1. The Bertz CT molecular complexity index is 1120. The van der Waals surface area contributed by atoms with Gasteiger partial charge in [0.2, 0.25) is 11.8 Å². The molecule has 0 spiro atoms. The number of rotatable bonds is 5. The summed E-state index contributed by atoms with van der Waals surface area (Å²) in [6, 6.07) is 7.72. The molecule has 1 aliphatic rings. The number of anilines is 2. The van der Waals surface area contributed by atoms with Gasteiger partial charge >= 0.3 is 0 Å². The third-order valence-electron chi connectivity index (χ3n) is 5.31. The van der Waals surface area contributed by atoms with Gasteiger partial charge in [0.1, 0.15) is 5.75 Å². The number of hydrogen-bond donors (Lipinski definition) is 1. The summed E-state index contributed by atoms with van der Waals surface area (Å²) in [7, 11) is 1.57. The number of aromatic nitrogens is 3. The zero-order valence-electron chi connectivity index (χ0n) is 17.5. The van der Waals surface area contributed by atoms with E-state index in [2.05, 4.69) is 15.4 Å². The third kappa shape index (κ3) is 3.60. The molecule has 1 aliphatic heterocycles. The second-order valence-electron chi connectivity index (χ2n) is 7.89. The molecule has 1 N–H and O–H groups in total. The van der Waals surface area contributed by atoms with Crippen LogP contribution in [0.5, 0.6) is 5.75 Å². The largest absolute Gasteiger partial charge is 0.495 e. The lowest BCUT2D eigenvalue weighted by molar-refractivity contribution is -0.122. The van der Waals surface area contributed by atoms with E-state index in [1.54, 1.807) is 24.4 Å². The van der Waals surface area contributed by atoms with Gasteiger partial charge in [0.05, 0.1) is 36.8 Å². The molecule has 0 aliphatic carbocycles. The van der Waals surface area contributed by atoms with Gasteiger partial charge in [0.15, 0.2) is 5.65 Å². The van der Waals surface area contributed by atoms with Crippen LogP contribution in [0.2, 0.25) is 0 Å². The molecule has 2 amide bonds. The second kappa shape index (κ2) is 7.78. The minimum Gasteiger partial charge on any atom is -0.495 e. The van der Waals surface area contributed by atoms with Crippen molar-refractivity contribution in [3.8, 4) is 5.75 Å². The molecule has 4 rings (SSSR count). The fourth-order valence-corrected chi connectivity index (χ4v) is 3.76. The van der Waals surface area contributed by atoms with Crippen LogP contribution in [0.3, 0.4) is 0 Å². The van der Waals surface area contributed by atoms with Gasteiger partial charge in [0.25, 0.3) is 0 Å². The van der Waals surface area contributed by atoms with Gasteiger partial charge < -0.3 is 15.0 Å². The molecule has 1 fully saturated rings. The second-order valence-corrected chi connectivity index (χ2v) is 7.89. The van der Waals surface area contributed by atoms with Crippen molar-refractivity contribution in [1.29, 1.82) is 0 Å². The summed E-state index contributed by atoms with van der Waals surface area (Å²) < 4.78 is 7.24. The van der Waals surface area contributed by atoms with E-state index in [1.165, 1.54) is 0 Å². The van der Waals surface area contributed by atoms with Gasteiger partial charge in [-0.2, -0.15) is 5.10 Å². The summed E-state index contributed by atoms with van der Waals surface area (Å²) in [6.07, 6.45) is 3.52. The summed E-state index contributed by atoms with van der Waals surface area (Å²) in [4.78, 5) is 31.5. The first-order chi connectivity index (χ1) is 14.4. The van der Waals surface area contributed by atoms with Crippen LogP contribution in [0.4, 0.5) is 11.4 Å². The van der Waals surface area contributed by atoms with Gasteiger partial charge in [0, 0.05) is 24.4 Å². The Balaban J connectivity index is 1.50. The van der Waals surface area contributed by atoms with Gasteiger partial charge in [-0.05, 0) is 44.5 Å². The smallest absolute Gasteiger partial charge is 0.229 e. The molecule has 8 nitrogen and oxygen atoms in total. The monoisotopic (exact) mass is 407 g/mol. The number of nitrogens with one attached hydrogen (secondary N) is 1. The van der Waals surface area contributed by atoms with Gasteiger partial charge in [-0.1, -0.05) is 6.07 Å². The zero-order chi connectivity index (χ0) is 21.4. The molecule has 0 saturated carbocycles. The number of methoxy groups -OCH3 is 1. The number of carbonyl (C=O) groups is 2. The summed E-state index contributed by atoms with van der Waals surface area (Å²) >= 11 is 0. The standard InChI is InChI=1S/C22H25N5O3/c1-13(2)27-21-15(10-24-27)8-17(11-23-21)25-22(29)16-9-20(28)26(12-16)18-7-14(3)5-6-19(18)30-4/h5-8,10-11,13,16H,9,12H2,1-4H3,(H,25,29). The number of pyridine rings is 1. The molecule has 3 aromatic rings. The molecule has 0 bridgehead atoms. The number of amides is 2. The SMILES string of the molecule is COc1ccc(C)cc1N1CC(C(=O)Nc2cnc3c(cnn3C(C)C)c2)CC1=O. The van der Waals surface area contributed by atoms with Crippen LogP contribution in [-0.4, -0.2) is 40.2 Å². The van der Waals surface area contributed by atoms with Crippen LogP contribution >= 0.6 is 0 Å². The Labute approximate surface area is 174 Å². The minimum absolute atomic E-state index is 0.0918. The maximum atomic E-state index is 12.8. The van der Waals surface area contributed by atoms with Crippen molar-refractivity contribution in [3.05, 3.63) is 42.2 Å². The predicted octanol–water partition coefficient (Wildman–Crippen LogP) is 3.32. The van der Waals surface area contributed by atoms with Crippen molar-refractivity contribution in [2.75, 3.05) is 23.9 Å². The van der Waals surface area contributed by atoms with E-state index in [0.717, 1.165) is 16.6 Å². The number of aryl methyl sites for hydroxylation is 1. The lowest BCUT2D eigenvalue weighted by Gasteiger charge is -2.20. The summed E-state index contributed by atoms with van der Waals surface area (Å²) in [6.45, 7) is 6.34. The van der Waals surface area contributed by atoms with Crippen molar-refractivity contribution in [2.45, 2.75) is 33.2 Å². The van der Waals surface area contributed by atoms with E-state index >= 15 is 0 Å². The highest BCUT2D eigenvalue weighted by atomic mass is 16.5. The highest BCUT2D eigenvalue weighted by molar-refractivity contribution is 6.04. The van der Waals surface area contributed by atoms with E-state index in [1.807, 2.05) is 49.7 Å². The Morgan fingerprint density at radius 2 is 2.07 bits per heavy atom. The maximum absolute atomic E-state index is 12.8. The van der Waals surface area contributed by atoms with E-state index in [-0.39, 0.29) is 24.3 Å². The molecule has 30 heavy (non-hydrogen) atoms. The average molecular weight is 407 g/mol. The molecular formula is C22H25N5O3. The quantitative estimate of drug-likeness (QED) is 0.701. The van der Waals surface area contributed by atoms with Crippen LogP contribution in [0, 0.1) is 12.8 Å². The molecule has 1 saturated heterocycles. The number of hydrogen-bond acceptors (Lipinski definition) is 5. The first-order valence-electron chi connectivity index (χ1n) is 9.96.